The van der Waals surface area contributed by atoms with Crippen LogP contribution < -0.4 is 10.5 Å². The Labute approximate surface area is 125 Å². The molecular weight excluding hydrogens is 309 g/mol. The van der Waals surface area contributed by atoms with Crippen LogP contribution in [0, 0.1) is 0 Å². The van der Waals surface area contributed by atoms with E-state index in [0.29, 0.717) is 33.7 Å². The van der Waals surface area contributed by atoms with Crippen LogP contribution in [0.5, 0.6) is 5.75 Å². The number of anilines is 1. The third-order valence-electron chi connectivity index (χ3n) is 2.39. The Morgan fingerprint density at radius 2 is 1.89 bits per heavy atom. The SMILES string of the molecule is CCOc1cc(Cl)c(-c2ncnc(N)c2Cl)cc1Cl. The predicted molar refractivity (Wildman–Crippen MR) is 78.1 cm³/mol. The minimum absolute atomic E-state index is 0.188. The number of benzene rings is 1. The molecule has 0 aliphatic carbocycles. The molecular formula is C12H10Cl3N3O. The van der Waals surface area contributed by atoms with E-state index in [9.17, 15) is 0 Å². The number of nitrogens with zero attached hydrogens (tertiary/aromatic N) is 2. The van der Waals surface area contributed by atoms with Gasteiger partial charge in [0, 0.05) is 11.6 Å². The predicted octanol–water partition coefficient (Wildman–Crippen LogP) is 4.08. The minimum atomic E-state index is 0.188. The van der Waals surface area contributed by atoms with E-state index in [4.69, 9.17) is 45.3 Å². The van der Waals surface area contributed by atoms with Crippen LogP contribution in [0.15, 0.2) is 18.5 Å². The molecule has 0 fully saturated rings. The van der Waals surface area contributed by atoms with Crippen LogP contribution in [0.3, 0.4) is 0 Å². The molecule has 7 heteroatoms. The van der Waals surface area contributed by atoms with Gasteiger partial charge in [0.1, 0.15) is 22.9 Å². The van der Waals surface area contributed by atoms with Gasteiger partial charge in [0.25, 0.3) is 0 Å². The molecule has 0 unspecified atom stereocenters. The summed E-state index contributed by atoms with van der Waals surface area (Å²) in [7, 11) is 0. The van der Waals surface area contributed by atoms with Crippen molar-refractivity contribution in [3.8, 4) is 17.0 Å². The monoisotopic (exact) mass is 317 g/mol. The first-order chi connectivity index (χ1) is 9.04. The summed E-state index contributed by atoms with van der Waals surface area (Å²) in [6.07, 6.45) is 1.32. The van der Waals surface area contributed by atoms with Gasteiger partial charge in [0.2, 0.25) is 0 Å². The number of aromatic nitrogens is 2. The number of hydrogen-bond donors (Lipinski definition) is 1. The average molecular weight is 319 g/mol. The fraction of sp³-hybridized carbons (Fsp3) is 0.167. The van der Waals surface area contributed by atoms with Crippen molar-refractivity contribution < 1.29 is 4.74 Å². The van der Waals surface area contributed by atoms with Gasteiger partial charge < -0.3 is 10.5 Å². The molecule has 2 N–H and O–H groups in total. The maximum Gasteiger partial charge on any atom is 0.146 e. The summed E-state index contributed by atoms with van der Waals surface area (Å²) in [6, 6.07) is 3.26. The quantitative estimate of drug-likeness (QED) is 0.926. The highest BCUT2D eigenvalue weighted by Crippen LogP contribution is 2.39. The molecule has 1 aromatic carbocycles. The molecule has 0 radical (unpaired) electrons. The smallest absolute Gasteiger partial charge is 0.146 e. The van der Waals surface area contributed by atoms with Gasteiger partial charge in [-0.15, -0.1) is 0 Å². The first-order valence-corrected chi connectivity index (χ1v) is 6.56. The Balaban J connectivity index is 2.57. The first-order valence-electron chi connectivity index (χ1n) is 5.42. The van der Waals surface area contributed by atoms with Gasteiger partial charge >= 0.3 is 0 Å². The molecule has 4 nitrogen and oxygen atoms in total. The molecule has 0 atom stereocenters. The van der Waals surface area contributed by atoms with Crippen molar-refractivity contribution in [1.29, 1.82) is 0 Å². The van der Waals surface area contributed by atoms with Crippen LogP contribution in [0.25, 0.3) is 11.3 Å². The molecule has 100 valence electrons. The van der Waals surface area contributed by atoms with E-state index in [1.165, 1.54) is 6.33 Å². The van der Waals surface area contributed by atoms with E-state index < -0.39 is 0 Å². The van der Waals surface area contributed by atoms with Crippen molar-refractivity contribution in [3.63, 3.8) is 0 Å². The maximum absolute atomic E-state index is 6.20. The molecule has 0 saturated heterocycles. The van der Waals surface area contributed by atoms with Crippen LogP contribution in [-0.4, -0.2) is 16.6 Å². The molecule has 0 aliphatic heterocycles. The Kier molecular flexibility index (Phi) is 4.34. The van der Waals surface area contributed by atoms with Crippen molar-refractivity contribution in [3.05, 3.63) is 33.5 Å². The highest BCUT2D eigenvalue weighted by atomic mass is 35.5. The lowest BCUT2D eigenvalue weighted by Gasteiger charge is -2.11. The highest BCUT2D eigenvalue weighted by molar-refractivity contribution is 6.38. The summed E-state index contributed by atoms with van der Waals surface area (Å²) in [6.45, 7) is 2.36. The summed E-state index contributed by atoms with van der Waals surface area (Å²) < 4.78 is 5.36. The van der Waals surface area contributed by atoms with Gasteiger partial charge in [0.05, 0.1) is 22.3 Å². The largest absolute Gasteiger partial charge is 0.492 e. The average Bonchev–Trinajstić information content (AvgIpc) is 2.37. The van der Waals surface area contributed by atoms with Gasteiger partial charge in [-0.1, -0.05) is 34.8 Å². The second-order valence-electron chi connectivity index (χ2n) is 3.62. The van der Waals surface area contributed by atoms with Gasteiger partial charge in [-0.05, 0) is 13.0 Å². The molecule has 0 bridgehead atoms. The zero-order chi connectivity index (χ0) is 14.0. The summed E-state index contributed by atoms with van der Waals surface area (Å²) in [5.41, 5.74) is 6.65. The zero-order valence-electron chi connectivity index (χ0n) is 9.95. The lowest BCUT2D eigenvalue weighted by molar-refractivity contribution is 0.340. The number of rotatable bonds is 3. The normalized spacial score (nSPS) is 10.5. The molecule has 0 aliphatic rings. The van der Waals surface area contributed by atoms with E-state index >= 15 is 0 Å². The maximum atomic E-state index is 6.20. The van der Waals surface area contributed by atoms with Crippen LogP contribution in [0.1, 0.15) is 6.92 Å². The molecule has 19 heavy (non-hydrogen) atoms. The van der Waals surface area contributed by atoms with E-state index in [0.717, 1.165) is 0 Å². The van der Waals surface area contributed by atoms with Crippen molar-refractivity contribution in [2.45, 2.75) is 6.92 Å². The molecule has 0 saturated carbocycles. The van der Waals surface area contributed by atoms with Gasteiger partial charge in [-0.25, -0.2) is 9.97 Å². The fourth-order valence-electron chi connectivity index (χ4n) is 1.55. The minimum Gasteiger partial charge on any atom is -0.492 e. The third kappa shape index (κ3) is 2.86. The van der Waals surface area contributed by atoms with Crippen LogP contribution >= 0.6 is 34.8 Å². The first kappa shape index (κ1) is 14.2. The number of ether oxygens (including phenoxy) is 1. The number of nitrogens with two attached hydrogens (primary N) is 1. The summed E-state index contributed by atoms with van der Waals surface area (Å²) in [4.78, 5) is 7.88. The van der Waals surface area contributed by atoms with E-state index in [1.54, 1.807) is 12.1 Å². The molecule has 1 aromatic heterocycles. The summed E-state index contributed by atoms with van der Waals surface area (Å²) in [5.74, 6) is 0.698. The van der Waals surface area contributed by atoms with Crippen LogP contribution in [0.4, 0.5) is 5.82 Å². The van der Waals surface area contributed by atoms with Gasteiger partial charge in [-0.2, -0.15) is 0 Å². The number of hydrogen-bond acceptors (Lipinski definition) is 4. The Hall–Kier alpha value is -1.23. The van der Waals surface area contributed by atoms with Crippen molar-refractivity contribution in [1.82, 2.24) is 9.97 Å². The lowest BCUT2D eigenvalue weighted by atomic mass is 10.1. The summed E-state index contributed by atoms with van der Waals surface area (Å²) in [5, 5.41) is 1.09. The lowest BCUT2D eigenvalue weighted by Crippen LogP contribution is -1.97. The second-order valence-corrected chi connectivity index (χ2v) is 4.81. The Morgan fingerprint density at radius 3 is 2.58 bits per heavy atom. The summed E-state index contributed by atoms with van der Waals surface area (Å²) >= 11 is 18.4. The van der Waals surface area contributed by atoms with Crippen LogP contribution in [-0.2, 0) is 0 Å². The number of halogens is 3. The highest BCUT2D eigenvalue weighted by Gasteiger charge is 2.15. The Bertz CT molecular complexity index is 619. The van der Waals surface area contributed by atoms with Crippen molar-refractivity contribution in [2.75, 3.05) is 12.3 Å². The molecule has 0 amide bonds. The molecule has 2 aromatic rings. The van der Waals surface area contributed by atoms with E-state index in [-0.39, 0.29) is 10.8 Å². The van der Waals surface area contributed by atoms with Crippen LogP contribution in [0.2, 0.25) is 15.1 Å². The molecule has 0 spiro atoms. The van der Waals surface area contributed by atoms with E-state index in [1.807, 2.05) is 6.92 Å². The standard InChI is InChI=1S/C12H10Cl3N3O/c1-2-19-9-4-7(13)6(3-8(9)14)11-10(15)12(16)18-5-17-11/h3-5H,2H2,1H3,(H2,16,17,18). The van der Waals surface area contributed by atoms with Crippen molar-refractivity contribution in [2.24, 2.45) is 0 Å². The Morgan fingerprint density at radius 1 is 1.16 bits per heavy atom. The topological polar surface area (TPSA) is 61.0 Å². The fourth-order valence-corrected chi connectivity index (χ4v) is 2.21. The molecule has 2 rings (SSSR count). The second kappa shape index (κ2) is 5.82. The third-order valence-corrected chi connectivity index (χ3v) is 3.37. The van der Waals surface area contributed by atoms with E-state index in [2.05, 4.69) is 9.97 Å². The van der Waals surface area contributed by atoms with Gasteiger partial charge in [0.15, 0.2) is 0 Å². The molecule has 1 heterocycles. The number of nitrogen functional groups attached to an aromatic ring is 1. The van der Waals surface area contributed by atoms with Crippen molar-refractivity contribution >= 4 is 40.6 Å². The van der Waals surface area contributed by atoms with Gasteiger partial charge in [-0.3, -0.25) is 0 Å². The zero-order valence-corrected chi connectivity index (χ0v) is 12.2.